The van der Waals surface area contributed by atoms with Crippen molar-refractivity contribution in [1.29, 1.82) is 0 Å². The molecule has 3 aromatic rings. The van der Waals surface area contributed by atoms with Crippen molar-refractivity contribution in [3.05, 3.63) is 87.3 Å². The first-order chi connectivity index (χ1) is 15.6. The quantitative estimate of drug-likeness (QED) is 0.497. The van der Waals surface area contributed by atoms with Crippen molar-refractivity contribution in [2.45, 2.75) is 50.7 Å². The summed E-state index contributed by atoms with van der Waals surface area (Å²) in [6, 6.07) is 14.2. The highest BCUT2D eigenvalue weighted by Crippen LogP contribution is 2.31. The first kappa shape index (κ1) is 22.5. The van der Waals surface area contributed by atoms with Crippen molar-refractivity contribution < 1.29 is 9.59 Å². The first-order valence-corrected chi connectivity index (χ1v) is 12.1. The minimum atomic E-state index is -0.822. The maximum Gasteiger partial charge on any atom is 0.247 e. The molecule has 2 amide bonds. The maximum absolute atomic E-state index is 13.6. The van der Waals surface area contributed by atoms with E-state index in [4.69, 9.17) is 11.6 Å². The molecule has 32 heavy (non-hydrogen) atoms. The molecule has 1 unspecified atom stereocenters. The normalized spacial score (nSPS) is 14.8. The molecule has 1 aromatic carbocycles. The molecule has 4 rings (SSSR count). The number of pyridine rings is 1. The van der Waals surface area contributed by atoms with Crippen molar-refractivity contribution in [3.63, 3.8) is 0 Å². The lowest BCUT2D eigenvalue weighted by atomic mass is 10.0. The van der Waals surface area contributed by atoms with Crippen molar-refractivity contribution in [3.8, 4) is 0 Å². The first-order valence-electron chi connectivity index (χ1n) is 10.9. The Bertz CT molecular complexity index is 1040. The molecule has 2 aromatic heterocycles. The Morgan fingerprint density at radius 2 is 1.94 bits per heavy atom. The van der Waals surface area contributed by atoms with Gasteiger partial charge in [-0.3, -0.25) is 14.6 Å². The van der Waals surface area contributed by atoms with Gasteiger partial charge in [-0.2, -0.15) is 0 Å². The fourth-order valence-electron chi connectivity index (χ4n) is 4.17. The predicted molar refractivity (Wildman–Crippen MR) is 127 cm³/mol. The largest absolute Gasteiger partial charge is 0.351 e. The lowest BCUT2D eigenvalue weighted by Gasteiger charge is -2.33. The summed E-state index contributed by atoms with van der Waals surface area (Å²) in [4.78, 5) is 34.0. The second-order valence-corrected chi connectivity index (χ2v) is 9.49. The fraction of sp³-hybridized carbons (Fsp3) is 0.320. The predicted octanol–water partition coefficient (Wildman–Crippen LogP) is 5.17. The Balaban J connectivity index is 1.70. The van der Waals surface area contributed by atoms with Gasteiger partial charge in [0, 0.05) is 40.4 Å². The molecule has 0 radical (unpaired) electrons. The number of aromatic nitrogens is 1. The smallest absolute Gasteiger partial charge is 0.247 e. The van der Waals surface area contributed by atoms with E-state index in [1.54, 1.807) is 23.4 Å². The third kappa shape index (κ3) is 5.56. The van der Waals surface area contributed by atoms with Crippen LogP contribution in [0.5, 0.6) is 0 Å². The standard InChI is InChI=1S/C25H26ClN3O2S/c26-22-12-4-3-11-21(22)24(25(31)28-19-8-1-2-9-19)29(17-18-7-5-13-27-16-18)23(30)15-20-10-6-14-32-20/h3-7,10-14,16,19,24H,1-2,8-9,15,17H2,(H,28,31). The highest BCUT2D eigenvalue weighted by atomic mass is 35.5. The Labute approximate surface area is 197 Å². The molecule has 7 heteroatoms. The van der Waals surface area contributed by atoms with E-state index in [9.17, 15) is 9.59 Å². The van der Waals surface area contributed by atoms with Crippen LogP contribution < -0.4 is 5.32 Å². The van der Waals surface area contributed by atoms with Crippen molar-refractivity contribution in [2.24, 2.45) is 0 Å². The maximum atomic E-state index is 13.6. The summed E-state index contributed by atoms with van der Waals surface area (Å²) in [5, 5.41) is 5.60. The van der Waals surface area contributed by atoms with Crippen LogP contribution in [-0.2, 0) is 22.6 Å². The van der Waals surface area contributed by atoms with E-state index in [1.165, 1.54) is 11.3 Å². The molecule has 0 saturated heterocycles. The van der Waals surface area contributed by atoms with Gasteiger partial charge in [0.1, 0.15) is 6.04 Å². The minimum Gasteiger partial charge on any atom is -0.351 e. The molecular weight excluding hydrogens is 442 g/mol. The van der Waals surface area contributed by atoms with Gasteiger partial charge in [-0.25, -0.2) is 0 Å². The second kappa shape index (κ2) is 10.7. The van der Waals surface area contributed by atoms with E-state index >= 15 is 0 Å². The zero-order chi connectivity index (χ0) is 22.3. The van der Waals surface area contributed by atoms with Crippen LogP contribution in [0.15, 0.2) is 66.3 Å². The molecule has 1 N–H and O–H groups in total. The van der Waals surface area contributed by atoms with Crippen LogP contribution in [0.3, 0.4) is 0 Å². The number of amides is 2. The Morgan fingerprint density at radius 1 is 1.12 bits per heavy atom. The molecule has 166 valence electrons. The number of nitrogens with zero attached hydrogens (tertiary/aromatic N) is 2. The Kier molecular flexibility index (Phi) is 7.55. The molecule has 1 aliphatic carbocycles. The summed E-state index contributed by atoms with van der Waals surface area (Å²) in [6.45, 7) is 0.270. The number of hydrogen-bond donors (Lipinski definition) is 1. The van der Waals surface area contributed by atoms with E-state index in [0.717, 1.165) is 36.1 Å². The third-order valence-electron chi connectivity index (χ3n) is 5.76. The van der Waals surface area contributed by atoms with E-state index in [2.05, 4.69) is 10.3 Å². The summed E-state index contributed by atoms with van der Waals surface area (Å²) >= 11 is 8.08. The molecule has 0 bridgehead atoms. The van der Waals surface area contributed by atoms with Crippen LogP contribution in [0.4, 0.5) is 0 Å². The summed E-state index contributed by atoms with van der Waals surface area (Å²) in [7, 11) is 0. The van der Waals surface area contributed by atoms with Gasteiger partial charge in [0.15, 0.2) is 0 Å². The zero-order valence-corrected chi connectivity index (χ0v) is 19.3. The number of rotatable bonds is 8. The van der Waals surface area contributed by atoms with Gasteiger partial charge in [-0.05, 0) is 42.0 Å². The van der Waals surface area contributed by atoms with Gasteiger partial charge in [-0.1, -0.05) is 54.8 Å². The van der Waals surface area contributed by atoms with Crippen LogP contribution >= 0.6 is 22.9 Å². The van der Waals surface area contributed by atoms with Gasteiger partial charge in [-0.15, -0.1) is 11.3 Å². The van der Waals surface area contributed by atoms with E-state index in [-0.39, 0.29) is 30.8 Å². The molecule has 1 fully saturated rings. The summed E-state index contributed by atoms with van der Waals surface area (Å²) in [5.74, 6) is -0.309. The Morgan fingerprint density at radius 3 is 2.62 bits per heavy atom. The number of carbonyl (C=O) groups is 2. The molecule has 0 aliphatic heterocycles. The van der Waals surface area contributed by atoms with Crippen LogP contribution in [0.1, 0.15) is 47.7 Å². The van der Waals surface area contributed by atoms with Crippen LogP contribution in [-0.4, -0.2) is 27.7 Å². The Hall–Kier alpha value is -2.70. The lowest BCUT2D eigenvalue weighted by Crippen LogP contribution is -2.46. The number of nitrogens with one attached hydrogen (secondary N) is 1. The molecule has 1 aliphatic rings. The molecule has 5 nitrogen and oxygen atoms in total. The van der Waals surface area contributed by atoms with Gasteiger partial charge >= 0.3 is 0 Å². The van der Waals surface area contributed by atoms with E-state index < -0.39 is 6.04 Å². The van der Waals surface area contributed by atoms with Crippen LogP contribution in [0.25, 0.3) is 0 Å². The monoisotopic (exact) mass is 467 g/mol. The van der Waals surface area contributed by atoms with Crippen molar-refractivity contribution in [1.82, 2.24) is 15.2 Å². The summed E-state index contributed by atoms with van der Waals surface area (Å²) in [6.07, 6.45) is 7.80. The SMILES string of the molecule is O=C(NC1CCCC1)C(c1ccccc1Cl)N(Cc1cccnc1)C(=O)Cc1cccs1. The fourth-order valence-corrected chi connectivity index (χ4v) is 5.11. The van der Waals surface area contributed by atoms with Crippen LogP contribution in [0.2, 0.25) is 5.02 Å². The minimum absolute atomic E-state index is 0.122. The lowest BCUT2D eigenvalue weighted by molar-refractivity contribution is -0.141. The van der Waals surface area contributed by atoms with E-state index in [0.29, 0.717) is 10.6 Å². The van der Waals surface area contributed by atoms with Crippen molar-refractivity contribution >= 4 is 34.8 Å². The zero-order valence-electron chi connectivity index (χ0n) is 17.7. The average molecular weight is 468 g/mol. The van der Waals surface area contributed by atoms with Gasteiger partial charge < -0.3 is 10.2 Å². The van der Waals surface area contributed by atoms with E-state index in [1.807, 2.05) is 47.8 Å². The van der Waals surface area contributed by atoms with Crippen molar-refractivity contribution in [2.75, 3.05) is 0 Å². The van der Waals surface area contributed by atoms with Gasteiger partial charge in [0.05, 0.1) is 6.42 Å². The number of hydrogen-bond acceptors (Lipinski definition) is 4. The topological polar surface area (TPSA) is 62.3 Å². The second-order valence-electron chi connectivity index (χ2n) is 8.05. The molecule has 1 atom stereocenters. The van der Waals surface area contributed by atoms with Crippen LogP contribution in [0, 0.1) is 0 Å². The van der Waals surface area contributed by atoms with Gasteiger partial charge in [0.25, 0.3) is 0 Å². The highest BCUT2D eigenvalue weighted by molar-refractivity contribution is 7.10. The number of benzene rings is 1. The third-order valence-corrected chi connectivity index (χ3v) is 6.98. The average Bonchev–Trinajstić information content (AvgIpc) is 3.50. The number of halogens is 1. The molecular formula is C25H26ClN3O2S. The van der Waals surface area contributed by atoms with Gasteiger partial charge in [0.2, 0.25) is 11.8 Å². The summed E-state index contributed by atoms with van der Waals surface area (Å²) in [5.41, 5.74) is 1.49. The number of thiophene rings is 1. The summed E-state index contributed by atoms with van der Waals surface area (Å²) < 4.78 is 0. The molecule has 0 spiro atoms. The molecule has 1 saturated carbocycles. The molecule has 2 heterocycles. The highest BCUT2D eigenvalue weighted by Gasteiger charge is 2.34. The number of carbonyl (C=O) groups excluding carboxylic acids is 2.